The van der Waals surface area contributed by atoms with E-state index in [-0.39, 0.29) is 86.8 Å². The van der Waals surface area contributed by atoms with E-state index in [4.69, 9.17) is 69.3 Å². The van der Waals surface area contributed by atoms with Gasteiger partial charge in [-0.1, -0.05) is 115 Å². The summed E-state index contributed by atoms with van der Waals surface area (Å²) in [6.45, 7) is 45.7. The van der Waals surface area contributed by atoms with Crippen molar-refractivity contribution in [1.82, 2.24) is 0 Å². The van der Waals surface area contributed by atoms with E-state index in [1.165, 1.54) is 5.57 Å². The number of esters is 2. The highest BCUT2D eigenvalue weighted by Crippen LogP contribution is 2.53. The first-order valence-electron chi connectivity index (χ1n) is 34.5. The molecule has 2 fully saturated rings. The lowest BCUT2D eigenvalue weighted by Crippen LogP contribution is -2.52. The summed E-state index contributed by atoms with van der Waals surface area (Å²) in [7, 11) is 0. The van der Waals surface area contributed by atoms with Gasteiger partial charge in [0, 0.05) is 24.0 Å². The Morgan fingerprint density at radius 1 is 0.491 bits per heavy atom. The van der Waals surface area contributed by atoms with Crippen molar-refractivity contribution in [1.29, 1.82) is 0 Å². The number of carbonyl (C=O) groups excluding carboxylic acids is 6. The van der Waals surface area contributed by atoms with Crippen LogP contribution in [0.2, 0.25) is 0 Å². The third-order valence-electron chi connectivity index (χ3n) is 19.2. The van der Waals surface area contributed by atoms with Crippen LogP contribution in [0.15, 0.2) is 162 Å². The SMILES string of the molecule is C=C1O[C@H](C2COC3(CC(C)(C)C(C=C(C)C)=C(C)C3=O)O2)C(O)=C1O.C=C1O[C@H](C2COC3(O2)C(C)=C(C=C(C)C)C(C)(C)CC3O)C(O)=C1O.CC(C)=CC1=C(C)C(=O)C(=O)CC1(C)C.CC(C)=CC1=C(C)C(=O)C(O)CC1(C)C.O=C1O[C@H]([C@@H](O)CO)C(O)=C1O.O=C1O[C@H]([C@@H](O)CO)C(O)=C1O. The molecule has 0 aromatic rings. The number of hydrogen-bond acceptors (Lipinski definition) is 28. The van der Waals surface area contributed by atoms with Crippen molar-refractivity contribution in [2.75, 3.05) is 26.4 Å². The molecule has 6 heterocycles. The fourth-order valence-electron chi connectivity index (χ4n) is 13.9. The molecule has 0 saturated carbocycles. The predicted octanol–water partition coefficient (Wildman–Crippen LogP) is 9.68. The van der Waals surface area contributed by atoms with Crippen molar-refractivity contribution in [3.63, 3.8) is 0 Å². The molecular formula is C78H108O28. The minimum absolute atomic E-state index is 0.000120. The maximum absolute atomic E-state index is 13.1. The summed E-state index contributed by atoms with van der Waals surface area (Å²) < 4.78 is 43.4. The minimum atomic E-state index is -1.42. The van der Waals surface area contributed by atoms with Crippen LogP contribution in [0.3, 0.4) is 0 Å². The molecule has 0 amide bonds. The summed E-state index contributed by atoms with van der Waals surface area (Å²) in [6, 6.07) is 0. The van der Waals surface area contributed by atoms with Gasteiger partial charge in [-0.2, -0.15) is 0 Å². The van der Waals surface area contributed by atoms with Gasteiger partial charge in [-0.3, -0.25) is 19.2 Å². The molecule has 6 aliphatic heterocycles. The van der Waals surface area contributed by atoms with Gasteiger partial charge in [-0.05, 0) is 151 Å². The number of cyclic esters (lactones) is 2. The van der Waals surface area contributed by atoms with Crippen molar-refractivity contribution in [3.8, 4) is 0 Å². The average Bonchev–Trinajstić information content (AvgIpc) is 1.52. The Bertz CT molecular complexity index is 3870. The first-order valence-corrected chi connectivity index (χ1v) is 34.5. The minimum Gasteiger partial charge on any atom is -0.505 e. The van der Waals surface area contributed by atoms with Gasteiger partial charge in [0.2, 0.25) is 40.4 Å². The monoisotopic (exact) mass is 1490 g/mol. The largest absolute Gasteiger partial charge is 0.505 e. The van der Waals surface area contributed by atoms with Crippen molar-refractivity contribution in [3.05, 3.63) is 162 Å². The van der Waals surface area contributed by atoms with E-state index < -0.39 is 127 Å². The van der Waals surface area contributed by atoms with E-state index in [9.17, 15) is 59.4 Å². The molecule has 106 heavy (non-hydrogen) atoms. The number of rotatable bonds is 10. The van der Waals surface area contributed by atoms with Gasteiger partial charge in [0.25, 0.3) is 0 Å². The number of Topliss-reactive ketones (excluding diaryl/α,β-unsaturated/α-hetero) is 4. The number of ether oxygens (including phenoxy) is 8. The Hall–Kier alpha value is -8.42. The highest BCUT2D eigenvalue weighted by molar-refractivity contribution is 6.44. The summed E-state index contributed by atoms with van der Waals surface area (Å²) in [5.41, 5.74) is 10.6. The van der Waals surface area contributed by atoms with E-state index in [1.54, 1.807) is 20.8 Å². The summed E-state index contributed by atoms with van der Waals surface area (Å²) >= 11 is 0. The third kappa shape index (κ3) is 18.9. The Morgan fingerprint density at radius 2 is 0.877 bits per heavy atom. The lowest BCUT2D eigenvalue weighted by Gasteiger charge is -2.45. The zero-order valence-corrected chi connectivity index (χ0v) is 64.1. The van der Waals surface area contributed by atoms with Gasteiger partial charge in [-0.25, -0.2) is 9.59 Å². The van der Waals surface area contributed by atoms with E-state index in [1.807, 2.05) is 88.3 Å². The van der Waals surface area contributed by atoms with Crippen LogP contribution in [-0.4, -0.2) is 206 Å². The fraction of sp³-hybridized carbons (Fsp3) is 0.564. The molecule has 10 aliphatic rings. The second-order valence-electron chi connectivity index (χ2n) is 31.2. The summed E-state index contributed by atoms with van der Waals surface area (Å²) in [5, 5.41) is 130. The summed E-state index contributed by atoms with van der Waals surface area (Å²) in [5.74, 6) is -10.6. The third-order valence-corrected chi connectivity index (χ3v) is 19.2. The number of aliphatic hydroxyl groups is 14. The number of carbonyl (C=O) groups is 6. The van der Waals surface area contributed by atoms with Crippen LogP contribution in [0.4, 0.5) is 0 Å². The van der Waals surface area contributed by atoms with Gasteiger partial charge < -0.3 is 109 Å². The molecule has 12 atom stereocenters. The zero-order valence-electron chi connectivity index (χ0n) is 64.1. The quantitative estimate of drug-likeness (QED) is 0.0714. The van der Waals surface area contributed by atoms with Crippen molar-refractivity contribution in [2.24, 2.45) is 21.7 Å². The second kappa shape index (κ2) is 33.8. The Morgan fingerprint density at radius 3 is 1.26 bits per heavy atom. The zero-order chi connectivity index (χ0) is 81.1. The van der Waals surface area contributed by atoms with E-state index in [0.717, 1.165) is 44.6 Å². The summed E-state index contributed by atoms with van der Waals surface area (Å²) in [4.78, 5) is 68.8. The molecule has 2 saturated heterocycles. The van der Waals surface area contributed by atoms with E-state index in [2.05, 4.69) is 76.3 Å². The maximum Gasteiger partial charge on any atom is 0.377 e. The number of hydrogen-bond donors (Lipinski definition) is 14. The predicted molar refractivity (Wildman–Crippen MR) is 384 cm³/mol. The fourth-order valence-corrected chi connectivity index (χ4v) is 13.9. The highest BCUT2D eigenvalue weighted by Gasteiger charge is 2.60. The van der Waals surface area contributed by atoms with Crippen LogP contribution in [0.25, 0.3) is 0 Å². The van der Waals surface area contributed by atoms with Crippen LogP contribution in [-0.2, 0) is 66.7 Å². The normalized spacial score (nSPS) is 29.7. The molecule has 0 bridgehead atoms. The highest BCUT2D eigenvalue weighted by atomic mass is 16.8. The van der Waals surface area contributed by atoms with Crippen LogP contribution < -0.4 is 0 Å². The van der Waals surface area contributed by atoms with E-state index in [0.29, 0.717) is 42.4 Å². The molecule has 6 unspecified atom stereocenters. The molecule has 2 spiro atoms. The standard InChI is InChI=1S/C20H28O6.C20H26O6.C13H20O2.C13H18O2.2C6H8O6/c1-10(2)7-13-11(3)20(15(21)8-19(13,5)6)24-9-14(26-20)18-17(23)16(22)12(4)25-18;1-10(2)7-13-11(3)18(23)20(9-19(13,5)6)24-8-14(26-20)17-16(22)15(21)12(4)25-17;2*1-8(2)6-10-9(3)12(15)11(14)7-13(10,4)5;2*7-1-2(8)5-3(9)4(10)6(11)12-5/h7,14-15,18,21-23H,4,8-9H2,1-3,5-6H3;7,14,17,21-22H,4,8-9H2,1-3,5-6H3;6,11,14H,7H2,1-5H3;6H,7H2,1-5H3;2*2,5,7-10H,1H2/t14?,15?,18-,20?;14?,17-,20?;;;2*2-,5+/m11..00/s1. The lowest BCUT2D eigenvalue weighted by atomic mass is 9.68. The second-order valence-corrected chi connectivity index (χ2v) is 31.2. The molecule has 4 aliphatic carbocycles. The van der Waals surface area contributed by atoms with Crippen molar-refractivity contribution >= 4 is 35.1 Å². The lowest BCUT2D eigenvalue weighted by molar-refractivity contribution is -0.220. The number of allylic oxidation sites excluding steroid dienone is 13. The molecular weight excluding hydrogens is 1380 g/mol. The van der Waals surface area contributed by atoms with E-state index >= 15 is 0 Å². The average molecular weight is 1490 g/mol. The number of ketones is 4. The topological polar surface area (TPSA) is 459 Å². The molecule has 0 aromatic heterocycles. The van der Waals surface area contributed by atoms with Gasteiger partial charge in [0.05, 0.1) is 26.4 Å². The first-order chi connectivity index (χ1) is 48.6. The van der Waals surface area contributed by atoms with Crippen LogP contribution in [0.1, 0.15) is 164 Å². The maximum atomic E-state index is 13.1. The van der Waals surface area contributed by atoms with Crippen molar-refractivity contribution in [2.45, 2.75) is 237 Å². The number of aliphatic hydroxyl groups excluding tert-OH is 14. The van der Waals surface area contributed by atoms with Crippen LogP contribution in [0.5, 0.6) is 0 Å². The Kier molecular flexibility index (Phi) is 28.1. The Balaban J connectivity index is 0.000000236. The van der Waals surface area contributed by atoms with Gasteiger partial charge >= 0.3 is 11.9 Å². The molecule has 10 rings (SSSR count). The van der Waals surface area contributed by atoms with Crippen LogP contribution in [0, 0.1) is 21.7 Å². The molecule has 0 radical (unpaired) electrons. The molecule has 28 heteroatoms. The molecule has 14 N–H and O–H groups in total. The smallest absolute Gasteiger partial charge is 0.377 e. The van der Waals surface area contributed by atoms with Crippen molar-refractivity contribution < 1.29 is 138 Å². The molecule has 28 nitrogen and oxygen atoms in total. The molecule has 0 aromatic carbocycles. The van der Waals surface area contributed by atoms with Gasteiger partial charge in [0.15, 0.2) is 76.3 Å². The van der Waals surface area contributed by atoms with Gasteiger partial charge in [-0.15, -0.1) is 0 Å². The Labute approximate surface area is 617 Å². The van der Waals surface area contributed by atoms with Gasteiger partial charge in [0.1, 0.15) is 36.6 Å². The molecule has 588 valence electrons. The summed E-state index contributed by atoms with van der Waals surface area (Å²) in [6.07, 6.45) is -0.587. The van der Waals surface area contributed by atoms with Crippen LogP contribution >= 0.6 is 0 Å². The first kappa shape index (κ1) is 88.2.